The maximum atomic E-state index is 11.7. The number of hydrazine groups is 1. The highest BCUT2D eigenvalue weighted by atomic mass is 16.2. The number of carbonyl (C=O) groups excluding carboxylic acids is 1. The van der Waals surface area contributed by atoms with Gasteiger partial charge in [0.25, 0.3) is 5.91 Å². The third-order valence-corrected chi connectivity index (χ3v) is 4.14. The lowest BCUT2D eigenvalue weighted by Crippen LogP contribution is -2.60. The van der Waals surface area contributed by atoms with Crippen molar-refractivity contribution in [3.8, 4) is 0 Å². The summed E-state index contributed by atoms with van der Waals surface area (Å²) in [6.45, 7) is 6.39. The first-order chi connectivity index (χ1) is 8.26. The van der Waals surface area contributed by atoms with Crippen LogP contribution in [0.15, 0.2) is 0 Å². The van der Waals surface area contributed by atoms with E-state index in [2.05, 4.69) is 15.2 Å². The van der Waals surface area contributed by atoms with Crippen LogP contribution < -0.4 is 11.3 Å². The number of rotatable bonds is 3. The fourth-order valence-corrected chi connectivity index (χ4v) is 3.17. The van der Waals surface area contributed by atoms with Crippen LogP contribution in [0.2, 0.25) is 0 Å². The molecule has 2 aliphatic heterocycles. The van der Waals surface area contributed by atoms with Crippen LogP contribution in [0.25, 0.3) is 0 Å². The summed E-state index contributed by atoms with van der Waals surface area (Å²) in [6, 6.07) is 0.598. The molecule has 2 atom stereocenters. The first-order valence-corrected chi connectivity index (χ1v) is 6.74. The maximum absolute atomic E-state index is 11.7. The van der Waals surface area contributed by atoms with Crippen molar-refractivity contribution in [3.05, 3.63) is 0 Å². The van der Waals surface area contributed by atoms with Gasteiger partial charge in [0.15, 0.2) is 0 Å². The summed E-state index contributed by atoms with van der Waals surface area (Å²) in [5, 5.41) is 0. The molecule has 17 heavy (non-hydrogen) atoms. The van der Waals surface area contributed by atoms with E-state index < -0.39 is 0 Å². The highest BCUT2D eigenvalue weighted by Gasteiger charge is 2.33. The number of hydrogen-bond donors (Lipinski definition) is 2. The minimum atomic E-state index is -0.0518. The standard InChI is InChI=1S/C12H24N4O/c1-2-11(12(17)14-13)16-8-7-15-6-4-3-5-10(15)9-16/h10-11H,2-9,13H2,1H3,(H,14,17). The molecule has 2 aliphatic rings. The SMILES string of the molecule is CCC(C(=O)NN)N1CCN2CCCCC2C1. The molecule has 0 spiro atoms. The number of piperidine rings is 1. The predicted molar refractivity (Wildman–Crippen MR) is 67.2 cm³/mol. The summed E-state index contributed by atoms with van der Waals surface area (Å²) in [5.41, 5.74) is 2.29. The van der Waals surface area contributed by atoms with E-state index in [4.69, 9.17) is 5.84 Å². The number of amides is 1. The Morgan fingerprint density at radius 3 is 2.94 bits per heavy atom. The first-order valence-electron chi connectivity index (χ1n) is 6.74. The van der Waals surface area contributed by atoms with E-state index in [1.807, 2.05) is 6.92 Å². The summed E-state index contributed by atoms with van der Waals surface area (Å²) in [7, 11) is 0. The summed E-state index contributed by atoms with van der Waals surface area (Å²) < 4.78 is 0. The number of nitrogens with two attached hydrogens (primary N) is 1. The zero-order valence-corrected chi connectivity index (χ0v) is 10.7. The maximum Gasteiger partial charge on any atom is 0.251 e. The number of nitrogens with one attached hydrogen (secondary N) is 1. The van der Waals surface area contributed by atoms with E-state index in [-0.39, 0.29) is 11.9 Å². The summed E-state index contributed by atoms with van der Waals surface area (Å²) in [6.07, 6.45) is 4.76. The second-order valence-corrected chi connectivity index (χ2v) is 5.11. The number of piperazine rings is 1. The van der Waals surface area contributed by atoms with E-state index >= 15 is 0 Å². The van der Waals surface area contributed by atoms with E-state index in [1.165, 1.54) is 25.8 Å². The highest BCUT2D eigenvalue weighted by Crippen LogP contribution is 2.22. The Morgan fingerprint density at radius 1 is 1.41 bits per heavy atom. The summed E-state index contributed by atoms with van der Waals surface area (Å²) in [5.74, 6) is 5.21. The molecule has 1 amide bonds. The molecule has 5 heteroatoms. The molecule has 0 aromatic heterocycles. The Kier molecular flexibility index (Phi) is 4.36. The van der Waals surface area contributed by atoms with Crippen LogP contribution in [0.3, 0.4) is 0 Å². The van der Waals surface area contributed by atoms with Gasteiger partial charge in [-0.2, -0.15) is 0 Å². The Hall–Kier alpha value is -0.650. The van der Waals surface area contributed by atoms with Crippen molar-refractivity contribution in [2.24, 2.45) is 5.84 Å². The van der Waals surface area contributed by atoms with Crippen LogP contribution in [0.1, 0.15) is 32.6 Å². The van der Waals surface area contributed by atoms with E-state index in [0.717, 1.165) is 26.1 Å². The van der Waals surface area contributed by atoms with Crippen molar-refractivity contribution < 1.29 is 4.79 Å². The van der Waals surface area contributed by atoms with Gasteiger partial charge >= 0.3 is 0 Å². The van der Waals surface area contributed by atoms with Crippen molar-refractivity contribution in [2.45, 2.75) is 44.7 Å². The molecule has 0 bridgehead atoms. The van der Waals surface area contributed by atoms with Gasteiger partial charge in [0.05, 0.1) is 6.04 Å². The van der Waals surface area contributed by atoms with Gasteiger partial charge < -0.3 is 0 Å². The topological polar surface area (TPSA) is 61.6 Å². The average Bonchev–Trinajstić information content (AvgIpc) is 2.39. The van der Waals surface area contributed by atoms with Gasteiger partial charge in [-0.1, -0.05) is 13.3 Å². The average molecular weight is 240 g/mol. The molecular weight excluding hydrogens is 216 g/mol. The molecule has 2 fully saturated rings. The lowest BCUT2D eigenvalue weighted by Gasteiger charge is -2.45. The lowest BCUT2D eigenvalue weighted by atomic mass is 9.98. The molecular formula is C12H24N4O. The lowest BCUT2D eigenvalue weighted by molar-refractivity contribution is -0.128. The molecule has 5 nitrogen and oxygen atoms in total. The highest BCUT2D eigenvalue weighted by molar-refractivity contribution is 5.81. The Balaban J connectivity index is 1.95. The van der Waals surface area contributed by atoms with E-state index in [1.54, 1.807) is 0 Å². The third-order valence-electron chi connectivity index (χ3n) is 4.14. The molecule has 2 rings (SSSR count). The van der Waals surface area contributed by atoms with Gasteiger partial charge in [0.1, 0.15) is 0 Å². The van der Waals surface area contributed by atoms with Crippen molar-refractivity contribution in [3.63, 3.8) is 0 Å². The molecule has 0 aromatic carbocycles. The molecule has 2 heterocycles. The number of carbonyl (C=O) groups is 1. The van der Waals surface area contributed by atoms with Gasteiger partial charge in [-0.3, -0.25) is 20.0 Å². The van der Waals surface area contributed by atoms with Gasteiger partial charge in [0, 0.05) is 25.7 Å². The minimum absolute atomic E-state index is 0.0447. The molecule has 2 unspecified atom stereocenters. The molecule has 0 radical (unpaired) electrons. The van der Waals surface area contributed by atoms with Gasteiger partial charge in [-0.15, -0.1) is 0 Å². The number of nitrogens with zero attached hydrogens (tertiary/aromatic N) is 2. The van der Waals surface area contributed by atoms with Gasteiger partial charge in [-0.25, -0.2) is 5.84 Å². The second-order valence-electron chi connectivity index (χ2n) is 5.11. The molecule has 3 N–H and O–H groups in total. The van der Waals surface area contributed by atoms with Gasteiger partial charge in [-0.05, 0) is 25.8 Å². The van der Waals surface area contributed by atoms with Crippen LogP contribution in [0, 0.1) is 0 Å². The first kappa shape index (κ1) is 12.8. The zero-order valence-electron chi connectivity index (χ0n) is 10.7. The van der Waals surface area contributed by atoms with Crippen molar-refractivity contribution >= 4 is 5.91 Å². The Labute approximate surface area is 103 Å². The largest absolute Gasteiger partial charge is 0.298 e. The molecule has 0 saturated carbocycles. The summed E-state index contributed by atoms with van der Waals surface area (Å²) >= 11 is 0. The molecule has 0 aliphatic carbocycles. The normalized spacial score (nSPS) is 28.5. The van der Waals surface area contributed by atoms with Crippen LogP contribution in [0.4, 0.5) is 0 Å². The predicted octanol–water partition coefficient (Wildman–Crippen LogP) is -0.0750. The quantitative estimate of drug-likeness (QED) is 0.412. The minimum Gasteiger partial charge on any atom is -0.298 e. The third kappa shape index (κ3) is 2.78. The monoisotopic (exact) mass is 240 g/mol. The van der Waals surface area contributed by atoms with Crippen molar-refractivity contribution in [1.29, 1.82) is 0 Å². The smallest absolute Gasteiger partial charge is 0.251 e. The summed E-state index contributed by atoms with van der Waals surface area (Å²) in [4.78, 5) is 16.6. The molecule has 98 valence electrons. The van der Waals surface area contributed by atoms with Crippen LogP contribution in [-0.4, -0.2) is 54.0 Å². The van der Waals surface area contributed by atoms with Gasteiger partial charge in [0.2, 0.25) is 0 Å². The Morgan fingerprint density at radius 2 is 2.24 bits per heavy atom. The van der Waals surface area contributed by atoms with Crippen LogP contribution >= 0.6 is 0 Å². The number of fused-ring (bicyclic) bond motifs is 1. The Bertz CT molecular complexity index is 271. The van der Waals surface area contributed by atoms with E-state index in [0.29, 0.717) is 6.04 Å². The fraction of sp³-hybridized carbons (Fsp3) is 0.917. The van der Waals surface area contributed by atoms with Crippen LogP contribution in [-0.2, 0) is 4.79 Å². The molecule has 2 saturated heterocycles. The molecule has 0 aromatic rings. The second kappa shape index (κ2) is 5.80. The van der Waals surface area contributed by atoms with Crippen LogP contribution in [0.5, 0.6) is 0 Å². The fourth-order valence-electron chi connectivity index (χ4n) is 3.17. The van der Waals surface area contributed by atoms with Crippen molar-refractivity contribution in [1.82, 2.24) is 15.2 Å². The number of hydrogen-bond acceptors (Lipinski definition) is 4. The van der Waals surface area contributed by atoms with Crippen molar-refractivity contribution in [2.75, 3.05) is 26.2 Å². The van der Waals surface area contributed by atoms with E-state index in [9.17, 15) is 4.79 Å². The zero-order chi connectivity index (χ0) is 12.3.